The number of hydrogen-bond acceptors (Lipinski definition) is 4. The van der Waals surface area contributed by atoms with Gasteiger partial charge in [-0.15, -0.1) is 0 Å². The number of carbonyl (C=O) groups excluding carboxylic acids is 1. The van der Waals surface area contributed by atoms with Crippen molar-refractivity contribution in [3.63, 3.8) is 0 Å². The molecule has 0 radical (unpaired) electrons. The van der Waals surface area contributed by atoms with Gasteiger partial charge >= 0.3 is 0 Å². The second kappa shape index (κ2) is 4.72. The fraction of sp³-hybridized carbons (Fsp3) is 0.857. The van der Waals surface area contributed by atoms with Gasteiger partial charge in [-0.25, -0.2) is 13.1 Å². The molecule has 0 unspecified atom stereocenters. The highest BCUT2D eigenvalue weighted by atomic mass is 32.2. The van der Waals surface area contributed by atoms with E-state index in [-0.39, 0.29) is 19.0 Å². The number of nitrogens with one attached hydrogen (secondary N) is 2. The second-order valence-electron chi connectivity index (χ2n) is 3.64. The van der Waals surface area contributed by atoms with Crippen molar-refractivity contribution in [2.75, 3.05) is 19.3 Å². The van der Waals surface area contributed by atoms with E-state index in [4.69, 9.17) is 5.73 Å². The van der Waals surface area contributed by atoms with Crippen molar-refractivity contribution < 1.29 is 13.2 Å². The number of carbonyl (C=O) groups is 1. The van der Waals surface area contributed by atoms with E-state index in [9.17, 15) is 13.2 Å². The first kappa shape index (κ1) is 13.3. The minimum atomic E-state index is -3.19. The van der Waals surface area contributed by atoms with Crippen LogP contribution in [0.25, 0.3) is 0 Å². The average molecular weight is 223 g/mol. The summed E-state index contributed by atoms with van der Waals surface area (Å²) in [6.45, 7) is 3.55. The van der Waals surface area contributed by atoms with Crippen LogP contribution in [0.2, 0.25) is 0 Å². The first-order valence-corrected chi connectivity index (χ1v) is 6.04. The molecule has 0 saturated heterocycles. The van der Waals surface area contributed by atoms with Crippen LogP contribution in [-0.4, -0.2) is 39.2 Å². The van der Waals surface area contributed by atoms with Crippen LogP contribution in [0.15, 0.2) is 0 Å². The summed E-state index contributed by atoms with van der Waals surface area (Å²) in [7, 11) is -3.19. The lowest BCUT2D eigenvalue weighted by atomic mass is 10.1. The van der Waals surface area contributed by atoms with Crippen molar-refractivity contribution in [2.45, 2.75) is 19.4 Å². The van der Waals surface area contributed by atoms with Gasteiger partial charge in [0.1, 0.15) is 0 Å². The molecule has 0 aliphatic heterocycles. The highest BCUT2D eigenvalue weighted by Crippen LogP contribution is 1.94. The molecule has 0 spiro atoms. The Labute approximate surface area is 84.3 Å². The van der Waals surface area contributed by atoms with Gasteiger partial charge in [-0.1, -0.05) is 0 Å². The van der Waals surface area contributed by atoms with E-state index in [2.05, 4.69) is 10.0 Å². The lowest BCUT2D eigenvalue weighted by Crippen LogP contribution is -2.50. The van der Waals surface area contributed by atoms with Gasteiger partial charge in [-0.3, -0.25) is 4.79 Å². The first-order valence-electron chi connectivity index (χ1n) is 4.15. The summed E-state index contributed by atoms with van der Waals surface area (Å²) < 4.78 is 23.5. The Kier molecular flexibility index (Phi) is 4.50. The Morgan fingerprint density at radius 1 is 1.36 bits per heavy atom. The zero-order valence-corrected chi connectivity index (χ0v) is 9.44. The molecule has 14 heavy (non-hydrogen) atoms. The maximum absolute atomic E-state index is 11.2. The molecule has 0 aromatic carbocycles. The second-order valence-corrected chi connectivity index (χ2v) is 5.48. The molecule has 0 aromatic rings. The fourth-order valence-electron chi connectivity index (χ4n) is 0.640. The molecule has 0 aromatic heterocycles. The Bertz CT molecular complexity index is 292. The molecule has 0 bridgehead atoms. The number of amides is 1. The van der Waals surface area contributed by atoms with Crippen molar-refractivity contribution >= 4 is 15.9 Å². The first-order chi connectivity index (χ1) is 6.13. The smallest absolute Gasteiger partial charge is 0.239 e. The van der Waals surface area contributed by atoms with E-state index in [1.807, 2.05) is 0 Å². The third-order valence-corrected chi connectivity index (χ3v) is 2.09. The SMILES string of the molecule is CC(C)(N)C(=O)NCCNS(C)(=O)=O. The lowest BCUT2D eigenvalue weighted by Gasteiger charge is -2.17. The Morgan fingerprint density at radius 3 is 2.21 bits per heavy atom. The summed E-state index contributed by atoms with van der Waals surface area (Å²) in [6, 6.07) is 0. The van der Waals surface area contributed by atoms with E-state index in [1.54, 1.807) is 13.8 Å². The summed E-state index contributed by atoms with van der Waals surface area (Å²) in [5.41, 5.74) is 4.56. The van der Waals surface area contributed by atoms with E-state index >= 15 is 0 Å². The molecule has 0 aliphatic rings. The summed E-state index contributed by atoms with van der Waals surface area (Å²) in [5.74, 6) is -0.312. The van der Waals surface area contributed by atoms with Crippen molar-refractivity contribution in [1.82, 2.24) is 10.0 Å². The molecule has 0 aliphatic carbocycles. The standard InChI is InChI=1S/C7H17N3O3S/c1-7(2,8)6(11)9-4-5-10-14(3,12)13/h10H,4-5,8H2,1-3H3,(H,9,11). The number of rotatable bonds is 5. The Hall–Kier alpha value is -0.660. The normalized spacial score (nSPS) is 12.6. The van der Waals surface area contributed by atoms with Crippen molar-refractivity contribution in [2.24, 2.45) is 5.73 Å². The van der Waals surface area contributed by atoms with Crippen LogP contribution in [0.5, 0.6) is 0 Å². The number of hydrogen-bond donors (Lipinski definition) is 3. The van der Waals surface area contributed by atoms with Gasteiger partial charge in [0, 0.05) is 13.1 Å². The number of nitrogens with two attached hydrogens (primary N) is 1. The molecule has 0 atom stereocenters. The molecule has 0 rings (SSSR count). The Morgan fingerprint density at radius 2 is 1.86 bits per heavy atom. The molecule has 0 heterocycles. The molecule has 84 valence electrons. The van der Waals surface area contributed by atoms with Crippen LogP contribution < -0.4 is 15.8 Å². The van der Waals surface area contributed by atoms with Gasteiger partial charge in [0.15, 0.2) is 0 Å². The van der Waals surface area contributed by atoms with Crippen molar-refractivity contribution in [3.05, 3.63) is 0 Å². The summed E-state index contributed by atoms with van der Waals surface area (Å²) in [4.78, 5) is 11.2. The zero-order valence-electron chi connectivity index (χ0n) is 8.62. The van der Waals surface area contributed by atoms with Crippen LogP contribution in [-0.2, 0) is 14.8 Å². The molecule has 6 nitrogen and oxygen atoms in total. The van der Waals surface area contributed by atoms with Crippen LogP contribution >= 0.6 is 0 Å². The molecular weight excluding hydrogens is 206 g/mol. The predicted octanol–water partition coefficient (Wildman–Crippen LogP) is -1.61. The molecule has 4 N–H and O–H groups in total. The maximum atomic E-state index is 11.2. The average Bonchev–Trinajstić information content (AvgIpc) is 1.93. The Balaban J connectivity index is 3.72. The molecule has 0 saturated carbocycles. The summed E-state index contributed by atoms with van der Waals surface area (Å²) >= 11 is 0. The zero-order chi connectivity index (χ0) is 11.4. The van der Waals surface area contributed by atoms with Crippen molar-refractivity contribution in [1.29, 1.82) is 0 Å². The van der Waals surface area contributed by atoms with Gasteiger partial charge in [0.2, 0.25) is 15.9 Å². The van der Waals surface area contributed by atoms with Gasteiger partial charge in [-0.05, 0) is 13.8 Å². The van der Waals surface area contributed by atoms with E-state index in [0.717, 1.165) is 6.26 Å². The van der Waals surface area contributed by atoms with Crippen LogP contribution in [0.4, 0.5) is 0 Å². The fourth-order valence-corrected chi connectivity index (χ4v) is 1.11. The minimum Gasteiger partial charge on any atom is -0.353 e. The summed E-state index contributed by atoms with van der Waals surface area (Å²) in [5, 5.41) is 2.50. The third-order valence-electron chi connectivity index (χ3n) is 1.36. The summed E-state index contributed by atoms with van der Waals surface area (Å²) in [6.07, 6.45) is 1.06. The van der Waals surface area contributed by atoms with Crippen LogP contribution in [0, 0.1) is 0 Å². The van der Waals surface area contributed by atoms with Gasteiger partial charge in [-0.2, -0.15) is 0 Å². The van der Waals surface area contributed by atoms with Crippen LogP contribution in [0.1, 0.15) is 13.8 Å². The molecule has 1 amide bonds. The monoisotopic (exact) mass is 223 g/mol. The largest absolute Gasteiger partial charge is 0.353 e. The van der Waals surface area contributed by atoms with E-state index < -0.39 is 15.6 Å². The molecule has 7 heteroatoms. The topological polar surface area (TPSA) is 101 Å². The maximum Gasteiger partial charge on any atom is 0.239 e. The highest BCUT2D eigenvalue weighted by molar-refractivity contribution is 7.88. The van der Waals surface area contributed by atoms with E-state index in [1.165, 1.54) is 0 Å². The quantitative estimate of drug-likeness (QED) is 0.488. The molecular formula is C7H17N3O3S. The van der Waals surface area contributed by atoms with Crippen LogP contribution in [0.3, 0.4) is 0 Å². The predicted molar refractivity (Wildman–Crippen MR) is 54.1 cm³/mol. The highest BCUT2D eigenvalue weighted by Gasteiger charge is 2.20. The van der Waals surface area contributed by atoms with Gasteiger partial charge in [0.25, 0.3) is 0 Å². The third kappa shape index (κ3) is 6.81. The van der Waals surface area contributed by atoms with E-state index in [0.29, 0.717) is 0 Å². The molecule has 0 fully saturated rings. The lowest BCUT2D eigenvalue weighted by molar-refractivity contribution is -0.125. The van der Waals surface area contributed by atoms with Gasteiger partial charge in [0.05, 0.1) is 11.8 Å². The minimum absolute atomic E-state index is 0.167. The number of sulfonamides is 1. The van der Waals surface area contributed by atoms with Gasteiger partial charge < -0.3 is 11.1 Å². The van der Waals surface area contributed by atoms with Crippen molar-refractivity contribution in [3.8, 4) is 0 Å².